The van der Waals surface area contributed by atoms with Gasteiger partial charge >= 0.3 is 5.97 Å². The number of carbonyl (C=O) groups is 1. The molecule has 1 rings (SSSR count). The summed E-state index contributed by atoms with van der Waals surface area (Å²) in [6, 6.07) is 0. The van der Waals surface area contributed by atoms with Crippen LogP contribution >= 0.6 is 0 Å². The minimum Gasteiger partial charge on any atom is -0.460 e. The number of rotatable bonds is 3. The highest BCUT2D eigenvalue weighted by molar-refractivity contribution is 5.65. The highest BCUT2D eigenvalue weighted by atomic mass is 16.5. The van der Waals surface area contributed by atoms with E-state index in [0.29, 0.717) is 6.61 Å². The third-order valence-corrected chi connectivity index (χ3v) is 3.26. The minimum atomic E-state index is -0.165. The van der Waals surface area contributed by atoms with Crippen LogP contribution in [0.5, 0.6) is 0 Å². The Morgan fingerprint density at radius 2 is 2.00 bits per heavy atom. The van der Waals surface area contributed by atoms with Crippen LogP contribution < -0.4 is 0 Å². The molecule has 0 unspecified atom stereocenters. The van der Waals surface area contributed by atoms with Gasteiger partial charge in [-0.05, 0) is 18.8 Å². The number of piperidine rings is 1. The van der Waals surface area contributed by atoms with Gasteiger partial charge in [0.05, 0.1) is 20.1 Å². The molecule has 82 valence electrons. The maximum absolute atomic E-state index is 10.6. The Kier molecular flexibility index (Phi) is 3.93. The Hall–Kier alpha value is -0.570. The SMILES string of the molecule is CC(=O)OCC[N+]1(C)CCC(C)CC1. The van der Waals surface area contributed by atoms with Crippen molar-refractivity contribution in [3.63, 3.8) is 0 Å². The number of esters is 1. The molecule has 0 aromatic heterocycles. The molecule has 14 heavy (non-hydrogen) atoms. The molecule has 0 aromatic rings. The first-order valence-electron chi connectivity index (χ1n) is 5.49. The van der Waals surface area contributed by atoms with Crippen molar-refractivity contribution in [1.29, 1.82) is 0 Å². The average Bonchev–Trinajstić information content (AvgIpc) is 2.10. The van der Waals surface area contributed by atoms with Gasteiger partial charge in [-0.2, -0.15) is 0 Å². The van der Waals surface area contributed by atoms with Gasteiger partial charge in [-0.25, -0.2) is 0 Å². The number of hydrogen-bond donors (Lipinski definition) is 0. The summed E-state index contributed by atoms with van der Waals surface area (Å²) in [5.41, 5.74) is 0. The Balaban J connectivity index is 2.25. The molecular weight excluding hydrogens is 178 g/mol. The molecule has 3 heteroatoms. The van der Waals surface area contributed by atoms with Crippen LogP contribution in [0, 0.1) is 5.92 Å². The minimum absolute atomic E-state index is 0.165. The zero-order chi connectivity index (χ0) is 10.6. The summed E-state index contributed by atoms with van der Waals surface area (Å²) in [5.74, 6) is 0.705. The smallest absolute Gasteiger partial charge is 0.302 e. The molecule has 0 aromatic carbocycles. The van der Waals surface area contributed by atoms with E-state index in [1.165, 1.54) is 32.9 Å². The zero-order valence-corrected chi connectivity index (χ0v) is 9.58. The van der Waals surface area contributed by atoms with E-state index in [-0.39, 0.29) is 5.97 Å². The van der Waals surface area contributed by atoms with Gasteiger partial charge < -0.3 is 9.22 Å². The normalized spacial score (nSPS) is 32.6. The van der Waals surface area contributed by atoms with Crippen LogP contribution in [-0.2, 0) is 9.53 Å². The fraction of sp³-hybridized carbons (Fsp3) is 0.909. The number of nitrogens with zero attached hydrogens (tertiary/aromatic N) is 1. The summed E-state index contributed by atoms with van der Waals surface area (Å²) in [5, 5.41) is 0. The molecule has 1 heterocycles. The maximum Gasteiger partial charge on any atom is 0.302 e. The summed E-state index contributed by atoms with van der Waals surface area (Å²) in [6.07, 6.45) is 2.60. The second-order valence-electron chi connectivity index (χ2n) is 4.81. The second-order valence-corrected chi connectivity index (χ2v) is 4.81. The quantitative estimate of drug-likeness (QED) is 0.509. The van der Waals surface area contributed by atoms with Crippen LogP contribution in [0.1, 0.15) is 26.7 Å². The lowest BCUT2D eigenvalue weighted by Gasteiger charge is -2.39. The van der Waals surface area contributed by atoms with Crippen LogP contribution in [0.3, 0.4) is 0 Å². The van der Waals surface area contributed by atoms with Gasteiger partial charge in [0.25, 0.3) is 0 Å². The van der Waals surface area contributed by atoms with Gasteiger partial charge in [-0.3, -0.25) is 4.79 Å². The Bertz CT molecular complexity index is 195. The fourth-order valence-corrected chi connectivity index (χ4v) is 1.95. The number of likely N-dealkylation sites (N-methyl/N-ethyl adjacent to an activating group) is 1. The predicted molar refractivity (Wildman–Crippen MR) is 55.8 cm³/mol. The van der Waals surface area contributed by atoms with Crippen molar-refractivity contribution < 1.29 is 14.0 Å². The number of hydrogen-bond acceptors (Lipinski definition) is 2. The molecule has 0 radical (unpaired) electrons. The molecule has 0 bridgehead atoms. The highest BCUT2D eigenvalue weighted by Crippen LogP contribution is 2.20. The van der Waals surface area contributed by atoms with Crippen LogP contribution in [0.25, 0.3) is 0 Å². The van der Waals surface area contributed by atoms with Gasteiger partial charge in [0.2, 0.25) is 0 Å². The Labute approximate surface area is 86.6 Å². The monoisotopic (exact) mass is 200 g/mol. The van der Waals surface area contributed by atoms with Crippen LogP contribution in [0.2, 0.25) is 0 Å². The second kappa shape index (κ2) is 4.78. The first-order valence-corrected chi connectivity index (χ1v) is 5.49. The lowest BCUT2D eigenvalue weighted by Crippen LogP contribution is -2.51. The molecule has 0 amide bonds. The zero-order valence-electron chi connectivity index (χ0n) is 9.58. The molecule has 1 saturated heterocycles. The number of likely N-dealkylation sites (tertiary alicyclic amines) is 1. The van der Waals surface area contributed by atoms with Crippen molar-refractivity contribution in [2.45, 2.75) is 26.7 Å². The molecule has 0 spiro atoms. The van der Waals surface area contributed by atoms with Crippen LogP contribution in [0.4, 0.5) is 0 Å². The Morgan fingerprint density at radius 1 is 1.43 bits per heavy atom. The molecule has 0 N–H and O–H groups in total. The van der Waals surface area contributed by atoms with E-state index >= 15 is 0 Å². The number of quaternary nitrogens is 1. The average molecular weight is 200 g/mol. The van der Waals surface area contributed by atoms with E-state index < -0.39 is 0 Å². The lowest BCUT2D eigenvalue weighted by molar-refractivity contribution is -0.915. The summed E-state index contributed by atoms with van der Waals surface area (Å²) < 4.78 is 6.05. The molecule has 3 nitrogen and oxygen atoms in total. The van der Waals surface area contributed by atoms with E-state index in [1.54, 1.807) is 0 Å². The van der Waals surface area contributed by atoms with Crippen molar-refractivity contribution in [2.75, 3.05) is 33.3 Å². The topological polar surface area (TPSA) is 26.3 Å². The molecule has 0 aliphatic carbocycles. The summed E-state index contributed by atoms with van der Waals surface area (Å²) in [4.78, 5) is 10.6. The first kappa shape index (κ1) is 11.5. The van der Waals surface area contributed by atoms with Crippen LogP contribution in [-0.4, -0.2) is 43.7 Å². The van der Waals surface area contributed by atoms with Gasteiger partial charge in [0, 0.05) is 6.92 Å². The third-order valence-electron chi connectivity index (χ3n) is 3.26. The van der Waals surface area contributed by atoms with Crippen LogP contribution in [0.15, 0.2) is 0 Å². The van der Waals surface area contributed by atoms with Crippen molar-refractivity contribution in [3.8, 4) is 0 Å². The highest BCUT2D eigenvalue weighted by Gasteiger charge is 2.27. The summed E-state index contributed by atoms with van der Waals surface area (Å²) in [7, 11) is 2.26. The molecular formula is C11H22NO2+. The predicted octanol–water partition coefficient (Wildman–Crippen LogP) is 1.43. The van der Waals surface area contributed by atoms with Crippen molar-refractivity contribution in [1.82, 2.24) is 0 Å². The van der Waals surface area contributed by atoms with Gasteiger partial charge in [-0.1, -0.05) is 6.92 Å². The fourth-order valence-electron chi connectivity index (χ4n) is 1.95. The van der Waals surface area contributed by atoms with Gasteiger partial charge in [0.15, 0.2) is 0 Å². The summed E-state index contributed by atoms with van der Waals surface area (Å²) >= 11 is 0. The van der Waals surface area contributed by atoms with Crippen molar-refractivity contribution in [3.05, 3.63) is 0 Å². The maximum atomic E-state index is 10.6. The molecule has 1 fully saturated rings. The number of ether oxygens (including phenoxy) is 1. The molecule has 1 aliphatic rings. The van der Waals surface area contributed by atoms with E-state index in [9.17, 15) is 4.79 Å². The molecule has 1 aliphatic heterocycles. The standard InChI is InChI=1S/C11H22NO2/c1-10-4-6-12(3,7-5-10)8-9-14-11(2)13/h10H,4-9H2,1-3H3/q+1. The lowest BCUT2D eigenvalue weighted by atomic mass is 9.97. The van der Waals surface area contributed by atoms with Crippen molar-refractivity contribution >= 4 is 5.97 Å². The largest absolute Gasteiger partial charge is 0.460 e. The van der Waals surface area contributed by atoms with E-state index in [0.717, 1.165) is 16.9 Å². The summed E-state index contributed by atoms with van der Waals surface area (Å²) in [6.45, 7) is 7.77. The van der Waals surface area contributed by atoms with Gasteiger partial charge in [0.1, 0.15) is 13.2 Å². The third kappa shape index (κ3) is 3.66. The molecule has 0 saturated carbocycles. The Morgan fingerprint density at radius 3 is 2.50 bits per heavy atom. The van der Waals surface area contributed by atoms with E-state index in [4.69, 9.17) is 4.74 Å². The van der Waals surface area contributed by atoms with E-state index in [2.05, 4.69) is 14.0 Å². The molecule has 0 atom stereocenters. The van der Waals surface area contributed by atoms with Gasteiger partial charge in [-0.15, -0.1) is 0 Å². The van der Waals surface area contributed by atoms with Crippen molar-refractivity contribution in [2.24, 2.45) is 5.92 Å². The first-order chi connectivity index (χ1) is 6.52. The number of carbonyl (C=O) groups excluding carboxylic acids is 1. The van der Waals surface area contributed by atoms with E-state index in [1.807, 2.05) is 0 Å².